The Morgan fingerprint density at radius 2 is 1.96 bits per heavy atom. The summed E-state index contributed by atoms with van der Waals surface area (Å²) in [6, 6.07) is 4.21. The Bertz CT molecular complexity index is 822. The molecule has 1 atom stereocenters. The van der Waals surface area contributed by atoms with Gasteiger partial charge < -0.3 is 9.84 Å². The lowest BCUT2D eigenvalue weighted by Crippen LogP contribution is -2.34. The van der Waals surface area contributed by atoms with E-state index in [1.807, 2.05) is 26.8 Å². The molecule has 124 valence electrons. The molecule has 0 fully saturated rings. The van der Waals surface area contributed by atoms with E-state index in [1.54, 1.807) is 6.08 Å². The minimum absolute atomic E-state index is 0.0448. The van der Waals surface area contributed by atoms with E-state index in [4.69, 9.17) is 4.74 Å². The highest BCUT2D eigenvalue weighted by Gasteiger charge is 2.39. The topological polar surface area (TPSA) is 63.6 Å². The van der Waals surface area contributed by atoms with Crippen LogP contribution in [0.25, 0.3) is 0 Å². The second-order valence-corrected chi connectivity index (χ2v) is 6.70. The maximum atomic E-state index is 12.7. The normalized spacial score (nSPS) is 22.0. The van der Waals surface area contributed by atoms with Crippen molar-refractivity contribution in [1.29, 1.82) is 0 Å². The van der Waals surface area contributed by atoms with Gasteiger partial charge in [-0.25, -0.2) is 0 Å². The van der Waals surface area contributed by atoms with Crippen molar-refractivity contribution >= 4 is 11.6 Å². The summed E-state index contributed by atoms with van der Waals surface area (Å²) >= 11 is 0. The molecule has 0 bridgehead atoms. The molecule has 24 heavy (non-hydrogen) atoms. The van der Waals surface area contributed by atoms with E-state index in [2.05, 4.69) is 6.08 Å². The van der Waals surface area contributed by atoms with Gasteiger partial charge in [0.2, 0.25) is 5.78 Å². The third kappa shape index (κ3) is 2.80. The standard InChI is InChI=1S/C20H20O4/c1-12(2)5-4-9-20(3)10-8-15-17(22)14-7-6-13(21)11-16(14)18(23)19(15)24-20/h5-8,10-11,21H,4,9H2,1-3H3/t20-/m1/s1. The SMILES string of the molecule is CC(C)=CCC[C@]1(C)C=CC2=C(O1)C(=O)c1cc(O)ccc1C2=O. The number of hydrogen-bond donors (Lipinski definition) is 1. The lowest BCUT2D eigenvalue weighted by atomic mass is 9.84. The summed E-state index contributed by atoms with van der Waals surface area (Å²) in [6.07, 6.45) is 7.19. The highest BCUT2D eigenvalue weighted by atomic mass is 16.5. The summed E-state index contributed by atoms with van der Waals surface area (Å²) in [6.45, 7) is 5.97. The van der Waals surface area contributed by atoms with E-state index in [9.17, 15) is 14.7 Å². The largest absolute Gasteiger partial charge is 0.508 e. The van der Waals surface area contributed by atoms with Gasteiger partial charge in [0.05, 0.1) is 5.57 Å². The van der Waals surface area contributed by atoms with Gasteiger partial charge in [0.25, 0.3) is 0 Å². The van der Waals surface area contributed by atoms with E-state index < -0.39 is 5.60 Å². The van der Waals surface area contributed by atoms with Crippen LogP contribution in [0.2, 0.25) is 0 Å². The van der Waals surface area contributed by atoms with Gasteiger partial charge in [-0.2, -0.15) is 0 Å². The average Bonchev–Trinajstić information content (AvgIpc) is 2.52. The van der Waals surface area contributed by atoms with Gasteiger partial charge in [0.1, 0.15) is 11.4 Å². The predicted octanol–water partition coefficient (Wildman–Crippen LogP) is 4.12. The van der Waals surface area contributed by atoms with Gasteiger partial charge in [0, 0.05) is 11.1 Å². The molecule has 0 saturated heterocycles. The first-order valence-electron chi connectivity index (χ1n) is 7.99. The van der Waals surface area contributed by atoms with Crippen LogP contribution in [0.5, 0.6) is 5.75 Å². The van der Waals surface area contributed by atoms with Crippen molar-refractivity contribution in [2.45, 2.75) is 39.2 Å². The number of aromatic hydroxyl groups is 1. The van der Waals surface area contributed by atoms with Crippen LogP contribution in [-0.2, 0) is 4.74 Å². The molecule has 2 aliphatic rings. The quantitative estimate of drug-likeness (QED) is 0.850. The summed E-state index contributed by atoms with van der Waals surface area (Å²) in [5.74, 6) is -0.563. The van der Waals surface area contributed by atoms with Crippen molar-refractivity contribution in [2.75, 3.05) is 0 Å². The zero-order chi connectivity index (χ0) is 17.5. The molecule has 3 rings (SSSR count). The number of carbonyl (C=O) groups is 2. The minimum atomic E-state index is -0.630. The minimum Gasteiger partial charge on any atom is -0.508 e. The second kappa shape index (κ2) is 5.78. The maximum Gasteiger partial charge on any atom is 0.229 e. The van der Waals surface area contributed by atoms with Crippen LogP contribution in [-0.4, -0.2) is 22.3 Å². The van der Waals surface area contributed by atoms with Gasteiger partial charge in [-0.15, -0.1) is 0 Å². The molecule has 0 radical (unpaired) electrons. The van der Waals surface area contributed by atoms with Crippen LogP contribution in [0, 0.1) is 0 Å². The maximum absolute atomic E-state index is 12.7. The molecule has 1 heterocycles. The number of fused-ring (bicyclic) bond motifs is 1. The smallest absolute Gasteiger partial charge is 0.229 e. The summed E-state index contributed by atoms with van der Waals surface area (Å²) in [4.78, 5) is 25.3. The van der Waals surface area contributed by atoms with Gasteiger partial charge in [0.15, 0.2) is 11.5 Å². The first-order chi connectivity index (χ1) is 11.3. The summed E-state index contributed by atoms with van der Waals surface area (Å²) in [5, 5.41) is 9.62. The van der Waals surface area contributed by atoms with E-state index >= 15 is 0 Å². The molecule has 1 aliphatic carbocycles. The number of ether oxygens (including phenoxy) is 1. The van der Waals surface area contributed by atoms with Crippen LogP contribution in [0.15, 0.2) is 53.3 Å². The van der Waals surface area contributed by atoms with Crippen LogP contribution in [0.4, 0.5) is 0 Å². The number of phenolic OH excluding ortho intramolecular Hbond substituents is 1. The first-order valence-corrected chi connectivity index (χ1v) is 7.99. The van der Waals surface area contributed by atoms with Gasteiger partial charge in [-0.05, 0) is 64.0 Å². The fraction of sp³-hybridized carbons (Fsp3) is 0.300. The van der Waals surface area contributed by atoms with Crippen molar-refractivity contribution in [1.82, 2.24) is 0 Å². The monoisotopic (exact) mass is 324 g/mol. The van der Waals surface area contributed by atoms with E-state index in [1.165, 1.54) is 23.8 Å². The first kappa shape index (κ1) is 16.2. The molecular formula is C20H20O4. The predicted molar refractivity (Wildman–Crippen MR) is 91.1 cm³/mol. The molecule has 0 saturated carbocycles. The Kier molecular flexibility index (Phi) is 3.91. The molecule has 1 N–H and O–H groups in total. The van der Waals surface area contributed by atoms with Crippen LogP contribution in [0.1, 0.15) is 54.3 Å². The molecule has 1 aromatic rings. The van der Waals surface area contributed by atoms with Crippen molar-refractivity contribution in [3.05, 3.63) is 64.5 Å². The highest BCUT2D eigenvalue weighted by Crippen LogP contribution is 2.37. The third-order valence-electron chi connectivity index (χ3n) is 4.32. The van der Waals surface area contributed by atoms with Crippen LogP contribution >= 0.6 is 0 Å². The zero-order valence-corrected chi connectivity index (χ0v) is 14.1. The Hall–Kier alpha value is -2.62. The highest BCUT2D eigenvalue weighted by molar-refractivity contribution is 6.27. The number of carbonyl (C=O) groups excluding carboxylic acids is 2. The van der Waals surface area contributed by atoms with Crippen molar-refractivity contribution in [3.63, 3.8) is 0 Å². The summed E-state index contributed by atoms with van der Waals surface area (Å²) in [7, 11) is 0. The third-order valence-corrected chi connectivity index (χ3v) is 4.32. The number of Topliss-reactive ketones (excluding diaryl/α,β-unsaturated/α-hetero) is 2. The Morgan fingerprint density at radius 1 is 1.21 bits per heavy atom. The van der Waals surface area contributed by atoms with Gasteiger partial charge >= 0.3 is 0 Å². The molecule has 0 spiro atoms. The number of phenols is 1. The zero-order valence-electron chi connectivity index (χ0n) is 14.1. The Morgan fingerprint density at radius 3 is 2.67 bits per heavy atom. The molecule has 4 heteroatoms. The van der Waals surface area contributed by atoms with Gasteiger partial charge in [-0.3, -0.25) is 9.59 Å². The number of allylic oxidation sites excluding steroid dienone is 5. The Labute approximate surface area is 141 Å². The Balaban J connectivity index is 1.92. The average molecular weight is 324 g/mol. The molecule has 0 amide bonds. The fourth-order valence-electron chi connectivity index (χ4n) is 2.97. The number of ketones is 2. The molecule has 1 aromatic carbocycles. The molecule has 1 aliphatic heterocycles. The van der Waals surface area contributed by atoms with E-state index in [-0.39, 0.29) is 34.2 Å². The summed E-state index contributed by atoms with van der Waals surface area (Å²) < 4.78 is 5.95. The van der Waals surface area contributed by atoms with E-state index in [0.717, 1.165) is 6.42 Å². The lowest BCUT2D eigenvalue weighted by molar-refractivity contribution is 0.0395. The fourth-order valence-corrected chi connectivity index (χ4v) is 2.97. The van der Waals surface area contributed by atoms with Crippen molar-refractivity contribution in [3.8, 4) is 5.75 Å². The molecule has 0 aromatic heterocycles. The number of rotatable bonds is 3. The van der Waals surface area contributed by atoms with Crippen molar-refractivity contribution < 1.29 is 19.4 Å². The lowest BCUT2D eigenvalue weighted by Gasteiger charge is -2.34. The molecule has 4 nitrogen and oxygen atoms in total. The number of benzene rings is 1. The summed E-state index contributed by atoms with van der Waals surface area (Å²) in [5.41, 5.74) is 1.39. The second-order valence-electron chi connectivity index (χ2n) is 6.70. The van der Waals surface area contributed by atoms with Crippen LogP contribution in [0.3, 0.4) is 0 Å². The molecule has 0 unspecified atom stereocenters. The van der Waals surface area contributed by atoms with Crippen LogP contribution < -0.4 is 0 Å². The van der Waals surface area contributed by atoms with E-state index in [0.29, 0.717) is 12.0 Å². The molecular weight excluding hydrogens is 304 g/mol. The van der Waals surface area contributed by atoms with Crippen molar-refractivity contribution in [2.24, 2.45) is 0 Å². The number of hydrogen-bond acceptors (Lipinski definition) is 4. The van der Waals surface area contributed by atoms with Gasteiger partial charge in [-0.1, -0.05) is 11.6 Å².